The Hall–Kier alpha value is -0.240. The highest BCUT2D eigenvalue weighted by atomic mass is 32.1. The summed E-state index contributed by atoms with van der Waals surface area (Å²) in [6.45, 7) is 3.24. The largest absolute Gasteiger partial charge is 0.200 e. The SMILES string of the molecule is C=C/C=C(\F)S. The summed E-state index contributed by atoms with van der Waals surface area (Å²) in [7, 11) is 0. The molecule has 0 bridgehead atoms. The molecule has 0 atom stereocenters. The monoisotopic (exact) mass is 104 g/mol. The summed E-state index contributed by atoms with van der Waals surface area (Å²) in [5.74, 6) is 0. The van der Waals surface area contributed by atoms with Gasteiger partial charge >= 0.3 is 0 Å². The van der Waals surface area contributed by atoms with Crippen LogP contribution in [0.1, 0.15) is 0 Å². The van der Waals surface area contributed by atoms with Crippen molar-refractivity contribution >= 4 is 12.6 Å². The Labute approximate surface area is 41.8 Å². The molecule has 0 spiro atoms. The van der Waals surface area contributed by atoms with E-state index in [1.807, 2.05) is 0 Å². The first-order chi connectivity index (χ1) is 2.77. The standard InChI is InChI=1S/C4H5FS/c1-2-3-4(5)6/h2-3,6H,1H2/b4-3+. The van der Waals surface area contributed by atoms with Crippen LogP contribution >= 0.6 is 12.6 Å². The van der Waals surface area contributed by atoms with Crippen molar-refractivity contribution < 1.29 is 4.39 Å². The number of allylic oxidation sites excluding steroid dienone is 2. The molecule has 0 rings (SSSR count). The van der Waals surface area contributed by atoms with E-state index in [9.17, 15) is 4.39 Å². The van der Waals surface area contributed by atoms with Crippen molar-refractivity contribution in [2.45, 2.75) is 0 Å². The van der Waals surface area contributed by atoms with E-state index >= 15 is 0 Å². The van der Waals surface area contributed by atoms with Crippen LogP contribution in [0.25, 0.3) is 0 Å². The van der Waals surface area contributed by atoms with E-state index in [-0.39, 0.29) is 0 Å². The molecule has 34 valence electrons. The quantitative estimate of drug-likeness (QED) is 0.381. The third-order valence-electron chi connectivity index (χ3n) is 0.255. The Kier molecular flexibility index (Phi) is 2.85. The number of halogens is 1. The highest BCUT2D eigenvalue weighted by Crippen LogP contribution is 1.98. The van der Waals surface area contributed by atoms with Gasteiger partial charge in [-0.05, 0) is 6.08 Å². The van der Waals surface area contributed by atoms with Gasteiger partial charge in [-0.1, -0.05) is 12.7 Å². The number of thiol groups is 1. The van der Waals surface area contributed by atoms with Crippen molar-refractivity contribution in [3.05, 3.63) is 23.9 Å². The maximum Gasteiger partial charge on any atom is 0.153 e. The molecule has 0 radical (unpaired) electrons. The Morgan fingerprint density at radius 3 is 2.33 bits per heavy atom. The zero-order valence-electron chi connectivity index (χ0n) is 3.19. The molecule has 0 saturated heterocycles. The highest BCUT2D eigenvalue weighted by molar-refractivity contribution is 7.84. The van der Waals surface area contributed by atoms with Gasteiger partial charge < -0.3 is 0 Å². The fraction of sp³-hybridized carbons (Fsp3) is 0. The highest BCUT2D eigenvalue weighted by Gasteiger charge is 1.71. The van der Waals surface area contributed by atoms with Crippen LogP contribution in [-0.4, -0.2) is 0 Å². The van der Waals surface area contributed by atoms with Crippen molar-refractivity contribution in [3.8, 4) is 0 Å². The maximum absolute atomic E-state index is 11.4. The molecular weight excluding hydrogens is 99.1 g/mol. The lowest BCUT2D eigenvalue weighted by Crippen LogP contribution is -1.45. The minimum Gasteiger partial charge on any atom is -0.200 e. The van der Waals surface area contributed by atoms with Gasteiger partial charge in [-0.25, -0.2) is 0 Å². The molecule has 0 aromatic heterocycles. The molecule has 0 saturated carbocycles. The summed E-state index contributed by atoms with van der Waals surface area (Å²) in [4.78, 5) is 0. The van der Waals surface area contributed by atoms with Crippen molar-refractivity contribution in [2.75, 3.05) is 0 Å². The van der Waals surface area contributed by atoms with Gasteiger partial charge in [0, 0.05) is 0 Å². The van der Waals surface area contributed by atoms with Crippen LogP contribution in [-0.2, 0) is 0 Å². The summed E-state index contributed by atoms with van der Waals surface area (Å²) in [5, 5.41) is -0.509. The Bertz CT molecular complexity index is 71.6. The first-order valence-electron chi connectivity index (χ1n) is 1.44. The summed E-state index contributed by atoms with van der Waals surface area (Å²) in [6, 6.07) is 0. The third kappa shape index (κ3) is 3.76. The van der Waals surface area contributed by atoms with Gasteiger partial charge in [0.15, 0.2) is 5.16 Å². The number of hydrogen-bond donors (Lipinski definition) is 1. The normalized spacial score (nSPS) is 11.3. The predicted molar refractivity (Wildman–Crippen MR) is 28.4 cm³/mol. The molecule has 6 heavy (non-hydrogen) atoms. The molecule has 0 amide bonds. The molecule has 0 heterocycles. The van der Waals surface area contributed by atoms with Crippen LogP contribution in [0.3, 0.4) is 0 Å². The lowest BCUT2D eigenvalue weighted by Gasteiger charge is -1.69. The van der Waals surface area contributed by atoms with Gasteiger partial charge in [-0.2, -0.15) is 4.39 Å². The maximum atomic E-state index is 11.4. The van der Waals surface area contributed by atoms with Crippen LogP contribution in [0.2, 0.25) is 0 Å². The Morgan fingerprint density at radius 2 is 2.33 bits per heavy atom. The molecule has 0 fully saturated rings. The fourth-order valence-electron chi connectivity index (χ4n) is 0.0972. The molecule has 0 unspecified atom stereocenters. The topological polar surface area (TPSA) is 0 Å². The lowest BCUT2D eigenvalue weighted by atomic mass is 10.6. The predicted octanol–water partition coefficient (Wildman–Crippen LogP) is 1.91. The minimum absolute atomic E-state index is 0.509. The Balaban J connectivity index is 3.41. The summed E-state index contributed by atoms with van der Waals surface area (Å²) < 4.78 is 11.4. The van der Waals surface area contributed by atoms with Gasteiger partial charge in [0.1, 0.15) is 0 Å². The van der Waals surface area contributed by atoms with E-state index in [1.165, 1.54) is 12.2 Å². The second-order valence-electron chi connectivity index (χ2n) is 0.725. The summed E-state index contributed by atoms with van der Waals surface area (Å²) >= 11 is 3.30. The summed E-state index contributed by atoms with van der Waals surface area (Å²) in [5.41, 5.74) is 0. The molecule has 0 N–H and O–H groups in total. The smallest absolute Gasteiger partial charge is 0.153 e. The molecule has 0 aliphatic heterocycles. The van der Waals surface area contributed by atoms with Crippen molar-refractivity contribution in [3.63, 3.8) is 0 Å². The third-order valence-corrected chi connectivity index (χ3v) is 0.404. The van der Waals surface area contributed by atoms with Crippen LogP contribution in [0, 0.1) is 0 Å². The first-order valence-corrected chi connectivity index (χ1v) is 1.89. The van der Waals surface area contributed by atoms with Gasteiger partial charge in [-0.15, -0.1) is 12.6 Å². The molecule has 2 heteroatoms. The molecule has 0 aromatic carbocycles. The van der Waals surface area contributed by atoms with Crippen LogP contribution in [0.4, 0.5) is 4.39 Å². The van der Waals surface area contributed by atoms with Gasteiger partial charge in [0.2, 0.25) is 0 Å². The van der Waals surface area contributed by atoms with Crippen molar-refractivity contribution in [2.24, 2.45) is 0 Å². The van der Waals surface area contributed by atoms with Crippen molar-refractivity contribution in [1.29, 1.82) is 0 Å². The number of rotatable bonds is 1. The van der Waals surface area contributed by atoms with E-state index in [2.05, 4.69) is 19.2 Å². The van der Waals surface area contributed by atoms with Gasteiger partial charge in [0.05, 0.1) is 0 Å². The van der Waals surface area contributed by atoms with Crippen LogP contribution < -0.4 is 0 Å². The van der Waals surface area contributed by atoms with E-state index in [0.717, 1.165) is 0 Å². The van der Waals surface area contributed by atoms with Crippen LogP contribution in [0.15, 0.2) is 23.9 Å². The van der Waals surface area contributed by atoms with E-state index < -0.39 is 5.16 Å². The van der Waals surface area contributed by atoms with Crippen LogP contribution in [0.5, 0.6) is 0 Å². The second kappa shape index (κ2) is 2.97. The van der Waals surface area contributed by atoms with Gasteiger partial charge in [-0.3, -0.25) is 0 Å². The molecular formula is C4H5FS. The molecule has 0 aliphatic carbocycles. The molecule has 0 aliphatic rings. The minimum atomic E-state index is -0.509. The summed E-state index contributed by atoms with van der Waals surface area (Å²) in [6.07, 6.45) is 2.51. The van der Waals surface area contributed by atoms with E-state index in [1.54, 1.807) is 0 Å². The average molecular weight is 104 g/mol. The zero-order valence-corrected chi connectivity index (χ0v) is 4.08. The first kappa shape index (κ1) is 5.76. The second-order valence-corrected chi connectivity index (χ2v) is 1.15. The number of hydrogen-bond acceptors (Lipinski definition) is 1. The van der Waals surface area contributed by atoms with E-state index in [4.69, 9.17) is 0 Å². The average Bonchev–Trinajstić information content (AvgIpc) is 1.35. The molecule has 0 aromatic rings. The molecule has 0 nitrogen and oxygen atoms in total. The zero-order chi connectivity index (χ0) is 4.99. The lowest BCUT2D eigenvalue weighted by molar-refractivity contribution is 0.702. The van der Waals surface area contributed by atoms with Gasteiger partial charge in [0.25, 0.3) is 0 Å². The Morgan fingerprint density at radius 1 is 1.83 bits per heavy atom. The van der Waals surface area contributed by atoms with Crippen molar-refractivity contribution in [1.82, 2.24) is 0 Å². The van der Waals surface area contributed by atoms with E-state index in [0.29, 0.717) is 0 Å². The fourth-order valence-corrected chi connectivity index (χ4v) is 0.203.